The Morgan fingerprint density at radius 1 is 1.32 bits per heavy atom. The van der Waals surface area contributed by atoms with Crippen molar-refractivity contribution in [2.24, 2.45) is 0 Å². The summed E-state index contributed by atoms with van der Waals surface area (Å²) in [5.74, 6) is 2.08. The predicted molar refractivity (Wildman–Crippen MR) is 86.7 cm³/mol. The second kappa shape index (κ2) is 8.08. The number of aryl methyl sites for hydroxylation is 1. The third-order valence-electron chi connectivity index (χ3n) is 3.24. The van der Waals surface area contributed by atoms with Gasteiger partial charge in [0.15, 0.2) is 11.7 Å². The Morgan fingerprint density at radius 2 is 2.00 bits per heavy atom. The maximum atomic E-state index is 12.5. The standard InChI is InChI=1S/C17H14ClF3N2O2/c1-2-9-23(11-17(19,20)21)16(24)8-7-15-22-10-14(25-15)12-3-5-13(18)6-4-12/h1,3-6,10H,7-9,11H2. The monoisotopic (exact) mass is 370 g/mol. The van der Waals surface area contributed by atoms with Crippen LogP contribution < -0.4 is 0 Å². The van der Waals surface area contributed by atoms with Gasteiger partial charge in [-0.15, -0.1) is 6.42 Å². The van der Waals surface area contributed by atoms with Gasteiger partial charge in [0.1, 0.15) is 6.54 Å². The minimum Gasteiger partial charge on any atom is -0.441 e. The highest BCUT2D eigenvalue weighted by atomic mass is 35.5. The van der Waals surface area contributed by atoms with E-state index in [9.17, 15) is 18.0 Å². The molecule has 0 aliphatic carbocycles. The SMILES string of the molecule is C#CCN(CC(F)(F)F)C(=O)CCc1ncc(-c2ccc(Cl)cc2)o1. The van der Waals surface area contributed by atoms with E-state index >= 15 is 0 Å². The molecule has 25 heavy (non-hydrogen) atoms. The topological polar surface area (TPSA) is 46.3 Å². The summed E-state index contributed by atoms with van der Waals surface area (Å²) >= 11 is 5.81. The molecular weight excluding hydrogens is 357 g/mol. The lowest BCUT2D eigenvalue weighted by molar-refractivity contribution is -0.159. The summed E-state index contributed by atoms with van der Waals surface area (Å²) < 4.78 is 42.9. The molecular formula is C17H14ClF3N2O2. The van der Waals surface area contributed by atoms with Gasteiger partial charge in [0.05, 0.1) is 12.7 Å². The highest BCUT2D eigenvalue weighted by molar-refractivity contribution is 6.30. The smallest absolute Gasteiger partial charge is 0.406 e. The quantitative estimate of drug-likeness (QED) is 0.723. The van der Waals surface area contributed by atoms with E-state index in [1.165, 1.54) is 6.20 Å². The van der Waals surface area contributed by atoms with Crippen molar-refractivity contribution in [1.82, 2.24) is 9.88 Å². The number of hydrogen-bond donors (Lipinski definition) is 0. The molecule has 1 aromatic heterocycles. The summed E-state index contributed by atoms with van der Waals surface area (Å²) in [4.78, 5) is 16.6. The van der Waals surface area contributed by atoms with Crippen molar-refractivity contribution >= 4 is 17.5 Å². The highest BCUT2D eigenvalue weighted by Gasteiger charge is 2.32. The first-order chi connectivity index (χ1) is 11.8. The van der Waals surface area contributed by atoms with Gasteiger partial charge in [-0.25, -0.2) is 4.98 Å². The average molecular weight is 371 g/mol. The molecule has 0 radical (unpaired) electrons. The molecule has 2 rings (SSSR count). The molecule has 0 N–H and O–H groups in total. The minimum absolute atomic E-state index is 0.0748. The van der Waals surface area contributed by atoms with Crippen LogP contribution in [0.15, 0.2) is 34.9 Å². The fourth-order valence-electron chi connectivity index (χ4n) is 2.10. The van der Waals surface area contributed by atoms with Crippen molar-refractivity contribution in [1.29, 1.82) is 0 Å². The number of terminal acetylenes is 1. The van der Waals surface area contributed by atoms with E-state index in [2.05, 4.69) is 10.9 Å². The maximum absolute atomic E-state index is 12.5. The normalized spacial score (nSPS) is 11.2. The van der Waals surface area contributed by atoms with Crippen LogP contribution in [0.3, 0.4) is 0 Å². The lowest BCUT2D eigenvalue weighted by atomic mass is 10.2. The van der Waals surface area contributed by atoms with Gasteiger partial charge >= 0.3 is 6.18 Å². The molecule has 0 unspecified atom stereocenters. The van der Waals surface area contributed by atoms with Crippen LogP contribution in [-0.2, 0) is 11.2 Å². The second-order valence-corrected chi connectivity index (χ2v) is 5.63. The largest absolute Gasteiger partial charge is 0.441 e. The minimum atomic E-state index is -4.50. The van der Waals surface area contributed by atoms with Gasteiger partial charge < -0.3 is 9.32 Å². The fraction of sp³-hybridized carbons (Fsp3) is 0.294. The van der Waals surface area contributed by atoms with Crippen LogP contribution in [0.4, 0.5) is 13.2 Å². The number of nitrogens with zero attached hydrogens (tertiary/aromatic N) is 2. The van der Waals surface area contributed by atoms with Gasteiger partial charge in [0.2, 0.25) is 5.91 Å². The molecule has 8 heteroatoms. The molecule has 4 nitrogen and oxygen atoms in total. The Bertz CT molecular complexity index is 763. The summed E-state index contributed by atoms with van der Waals surface area (Å²) in [6.45, 7) is -1.78. The summed E-state index contributed by atoms with van der Waals surface area (Å²) in [5.41, 5.74) is 0.750. The summed E-state index contributed by atoms with van der Waals surface area (Å²) in [5, 5.41) is 0.576. The van der Waals surface area contributed by atoms with Crippen LogP contribution in [0.1, 0.15) is 12.3 Å². The van der Waals surface area contributed by atoms with E-state index in [0.717, 1.165) is 5.56 Å². The molecule has 0 bridgehead atoms. The van der Waals surface area contributed by atoms with Crippen LogP contribution in [0.25, 0.3) is 11.3 Å². The van der Waals surface area contributed by atoms with E-state index in [-0.39, 0.29) is 18.7 Å². The van der Waals surface area contributed by atoms with Crippen LogP contribution >= 0.6 is 11.6 Å². The van der Waals surface area contributed by atoms with E-state index in [0.29, 0.717) is 15.7 Å². The van der Waals surface area contributed by atoms with E-state index in [1.54, 1.807) is 24.3 Å². The number of aromatic nitrogens is 1. The Balaban J connectivity index is 1.97. The average Bonchev–Trinajstić information content (AvgIpc) is 3.00. The van der Waals surface area contributed by atoms with Crippen LogP contribution in [0, 0.1) is 12.3 Å². The van der Waals surface area contributed by atoms with Gasteiger partial charge in [-0.05, 0) is 24.3 Å². The number of amides is 1. The number of halogens is 4. The molecule has 1 heterocycles. The van der Waals surface area contributed by atoms with Crippen molar-refractivity contribution < 1.29 is 22.4 Å². The van der Waals surface area contributed by atoms with Gasteiger partial charge in [-0.2, -0.15) is 13.2 Å². The second-order valence-electron chi connectivity index (χ2n) is 5.19. The molecule has 0 aliphatic rings. The van der Waals surface area contributed by atoms with Crippen molar-refractivity contribution in [2.45, 2.75) is 19.0 Å². The van der Waals surface area contributed by atoms with Crippen molar-refractivity contribution in [2.75, 3.05) is 13.1 Å². The molecule has 0 saturated heterocycles. The Labute approximate surface area is 147 Å². The first-order valence-corrected chi connectivity index (χ1v) is 7.65. The first-order valence-electron chi connectivity index (χ1n) is 7.27. The summed E-state index contributed by atoms with van der Waals surface area (Å²) in [6.07, 6.45) is 1.89. The van der Waals surface area contributed by atoms with E-state index < -0.39 is 25.2 Å². The van der Waals surface area contributed by atoms with Gasteiger partial charge in [0.25, 0.3) is 0 Å². The number of carbonyl (C=O) groups excluding carboxylic acids is 1. The van der Waals surface area contributed by atoms with Crippen molar-refractivity contribution in [3.8, 4) is 23.7 Å². The number of carbonyl (C=O) groups is 1. The van der Waals surface area contributed by atoms with Crippen LogP contribution in [0.5, 0.6) is 0 Å². The first kappa shape index (κ1) is 18.9. The molecule has 2 aromatic rings. The summed E-state index contributed by atoms with van der Waals surface area (Å²) in [6, 6.07) is 6.88. The molecule has 1 aromatic carbocycles. The zero-order valence-corrected chi connectivity index (χ0v) is 13.8. The Kier molecular flexibility index (Phi) is 6.10. The molecule has 0 spiro atoms. The highest BCUT2D eigenvalue weighted by Crippen LogP contribution is 2.23. The summed E-state index contributed by atoms with van der Waals surface area (Å²) in [7, 11) is 0. The lowest BCUT2D eigenvalue weighted by Crippen LogP contribution is -2.39. The number of benzene rings is 1. The zero-order valence-electron chi connectivity index (χ0n) is 13.0. The molecule has 0 atom stereocenters. The Hall–Kier alpha value is -2.46. The van der Waals surface area contributed by atoms with Gasteiger partial charge in [-0.1, -0.05) is 17.5 Å². The van der Waals surface area contributed by atoms with Crippen LogP contribution in [-0.4, -0.2) is 35.1 Å². The van der Waals surface area contributed by atoms with Crippen molar-refractivity contribution in [3.05, 3.63) is 41.4 Å². The third kappa shape index (κ3) is 5.84. The van der Waals surface area contributed by atoms with Gasteiger partial charge in [0, 0.05) is 23.4 Å². The molecule has 0 aliphatic heterocycles. The molecule has 0 fully saturated rings. The fourth-order valence-corrected chi connectivity index (χ4v) is 2.23. The molecule has 1 amide bonds. The van der Waals surface area contributed by atoms with Crippen molar-refractivity contribution in [3.63, 3.8) is 0 Å². The maximum Gasteiger partial charge on any atom is 0.406 e. The molecule has 132 valence electrons. The predicted octanol–water partition coefficient (Wildman–Crippen LogP) is 3.95. The number of oxazole rings is 1. The van der Waals surface area contributed by atoms with E-state index in [4.69, 9.17) is 22.4 Å². The Morgan fingerprint density at radius 3 is 2.60 bits per heavy atom. The zero-order chi connectivity index (χ0) is 18.4. The van der Waals surface area contributed by atoms with E-state index in [1.807, 2.05) is 0 Å². The molecule has 0 saturated carbocycles. The third-order valence-corrected chi connectivity index (χ3v) is 3.49. The number of hydrogen-bond acceptors (Lipinski definition) is 3. The lowest BCUT2D eigenvalue weighted by Gasteiger charge is -2.21. The number of rotatable bonds is 6. The van der Waals surface area contributed by atoms with Gasteiger partial charge in [-0.3, -0.25) is 4.79 Å². The van der Waals surface area contributed by atoms with Crippen LogP contribution in [0.2, 0.25) is 5.02 Å². The number of alkyl halides is 3.